The van der Waals surface area contributed by atoms with Crippen molar-refractivity contribution in [1.82, 2.24) is 5.32 Å². The molecule has 0 saturated heterocycles. The predicted octanol–water partition coefficient (Wildman–Crippen LogP) is 1.10. The van der Waals surface area contributed by atoms with Gasteiger partial charge in [0.05, 0.1) is 12.1 Å². The molecular weight excluding hydrogens is 162 g/mol. The lowest BCUT2D eigenvalue weighted by atomic mass is 10.2. The fourth-order valence-corrected chi connectivity index (χ4v) is 0.921. The Bertz CT molecular complexity index is 322. The summed E-state index contributed by atoms with van der Waals surface area (Å²) < 4.78 is 0. The molecule has 66 valence electrons. The van der Waals surface area contributed by atoms with E-state index in [0.717, 1.165) is 5.56 Å². The molecule has 0 aromatic heterocycles. The molecule has 0 radical (unpaired) electrons. The molecule has 0 bridgehead atoms. The molecule has 0 spiro atoms. The Morgan fingerprint density at radius 1 is 1.46 bits per heavy atom. The Balaban J connectivity index is 2.45. The van der Waals surface area contributed by atoms with Crippen molar-refractivity contribution in [3.8, 4) is 6.07 Å². The maximum absolute atomic E-state index is 8.29. The smallest absolute Gasteiger partial charge is 0.107 e. The highest BCUT2D eigenvalue weighted by Gasteiger charge is 1.90. The number of allylic oxidation sites excluding steroid dienone is 1. The maximum atomic E-state index is 8.29. The van der Waals surface area contributed by atoms with Crippen molar-refractivity contribution in [2.45, 2.75) is 6.54 Å². The van der Waals surface area contributed by atoms with Gasteiger partial charge in [-0.2, -0.15) is 5.26 Å². The van der Waals surface area contributed by atoms with Crippen LogP contribution in [0.1, 0.15) is 5.56 Å². The summed E-state index contributed by atoms with van der Waals surface area (Å²) >= 11 is 0. The summed E-state index contributed by atoms with van der Waals surface area (Å²) in [5.74, 6) is 0.395. The molecule has 0 fully saturated rings. The second kappa shape index (κ2) is 4.83. The van der Waals surface area contributed by atoms with Crippen molar-refractivity contribution < 1.29 is 0 Å². The number of nitrogens with two attached hydrogens (primary N) is 1. The number of hydrogen-bond donors (Lipinski definition) is 2. The first-order valence-corrected chi connectivity index (χ1v) is 3.96. The highest BCUT2D eigenvalue weighted by Crippen LogP contribution is 1.97. The van der Waals surface area contributed by atoms with Crippen LogP contribution in [0.25, 0.3) is 0 Å². The van der Waals surface area contributed by atoms with Gasteiger partial charge in [0.15, 0.2) is 0 Å². The number of benzene rings is 1. The molecule has 0 aliphatic rings. The first-order chi connectivity index (χ1) is 6.33. The Morgan fingerprint density at radius 2 is 2.15 bits per heavy atom. The van der Waals surface area contributed by atoms with Crippen molar-refractivity contribution in [1.29, 1.82) is 5.26 Å². The van der Waals surface area contributed by atoms with Crippen LogP contribution in [0.15, 0.2) is 42.2 Å². The van der Waals surface area contributed by atoms with E-state index in [4.69, 9.17) is 11.0 Å². The molecule has 3 nitrogen and oxygen atoms in total. The average Bonchev–Trinajstić information content (AvgIpc) is 2.17. The quantitative estimate of drug-likeness (QED) is 0.673. The molecular formula is C10H11N3. The van der Waals surface area contributed by atoms with Crippen LogP contribution in [0.3, 0.4) is 0 Å². The van der Waals surface area contributed by atoms with Crippen LogP contribution in [-0.4, -0.2) is 0 Å². The summed E-state index contributed by atoms with van der Waals surface area (Å²) in [6.45, 7) is 0.644. The molecule has 3 N–H and O–H groups in total. The van der Waals surface area contributed by atoms with Gasteiger partial charge in [0.1, 0.15) is 5.82 Å². The third kappa shape index (κ3) is 3.30. The highest BCUT2D eigenvalue weighted by atomic mass is 15.0. The third-order valence-electron chi connectivity index (χ3n) is 1.56. The summed E-state index contributed by atoms with van der Waals surface area (Å²) in [6.07, 6.45) is 1.28. The second-order valence-corrected chi connectivity index (χ2v) is 2.57. The number of nitrogens with zero attached hydrogens (tertiary/aromatic N) is 1. The van der Waals surface area contributed by atoms with Gasteiger partial charge in [0.25, 0.3) is 0 Å². The molecule has 3 heteroatoms. The van der Waals surface area contributed by atoms with E-state index in [1.54, 1.807) is 0 Å². The lowest BCUT2D eigenvalue weighted by molar-refractivity contribution is 0.800. The fraction of sp³-hybridized carbons (Fsp3) is 0.100. The molecule has 1 aromatic rings. The zero-order valence-corrected chi connectivity index (χ0v) is 7.20. The lowest BCUT2D eigenvalue weighted by Crippen LogP contribution is -2.19. The number of hydrogen-bond acceptors (Lipinski definition) is 3. The number of rotatable bonds is 3. The van der Waals surface area contributed by atoms with Crippen LogP contribution in [0.5, 0.6) is 0 Å². The number of nitrogens with one attached hydrogen (secondary N) is 1. The van der Waals surface area contributed by atoms with Crippen LogP contribution in [0, 0.1) is 11.3 Å². The summed E-state index contributed by atoms with van der Waals surface area (Å²) in [5.41, 5.74) is 6.60. The van der Waals surface area contributed by atoms with Gasteiger partial charge >= 0.3 is 0 Å². The van der Waals surface area contributed by atoms with Gasteiger partial charge in [-0.15, -0.1) is 0 Å². The minimum Gasteiger partial charge on any atom is -0.385 e. The standard InChI is InChI=1S/C10H11N3/c11-7-6-10(12)13-8-9-4-2-1-3-5-9/h1-6,13H,8,12H2. The zero-order valence-electron chi connectivity index (χ0n) is 7.20. The molecule has 0 amide bonds. The Labute approximate surface area is 77.5 Å². The van der Waals surface area contributed by atoms with Crippen LogP contribution in [0.4, 0.5) is 0 Å². The van der Waals surface area contributed by atoms with Crippen molar-refractivity contribution in [3.63, 3.8) is 0 Å². The van der Waals surface area contributed by atoms with Crippen molar-refractivity contribution in [2.24, 2.45) is 5.73 Å². The lowest BCUT2D eigenvalue weighted by Gasteiger charge is -2.04. The van der Waals surface area contributed by atoms with Crippen LogP contribution in [0.2, 0.25) is 0 Å². The topological polar surface area (TPSA) is 61.8 Å². The molecule has 0 heterocycles. The summed E-state index contributed by atoms with van der Waals surface area (Å²) in [7, 11) is 0. The van der Waals surface area contributed by atoms with Crippen LogP contribution >= 0.6 is 0 Å². The monoisotopic (exact) mass is 173 g/mol. The number of nitriles is 1. The zero-order chi connectivity index (χ0) is 9.52. The normalized spacial score (nSPS) is 10.5. The van der Waals surface area contributed by atoms with Gasteiger partial charge in [-0.1, -0.05) is 30.3 Å². The molecule has 0 aliphatic heterocycles. The van der Waals surface area contributed by atoms with Crippen molar-refractivity contribution in [3.05, 3.63) is 47.8 Å². The van der Waals surface area contributed by atoms with Gasteiger partial charge in [-0.05, 0) is 5.56 Å². The largest absolute Gasteiger partial charge is 0.385 e. The molecule has 1 rings (SSSR count). The van der Waals surface area contributed by atoms with Crippen molar-refractivity contribution >= 4 is 0 Å². The van der Waals surface area contributed by atoms with E-state index in [9.17, 15) is 0 Å². The van der Waals surface area contributed by atoms with E-state index >= 15 is 0 Å². The Kier molecular flexibility index (Phi) is 3.40. The van der Waals surface area contributed by atoms with E-state index in [1.807, 2.05) is 36.4 Å². The molecule has 13 heavy (non-hydrogen) atoms. The van der Waals surface area contributed by atoms with E-state index in [0.29, 0.717) is 12.4 Å². The van der Waals surface area contributed by atoms with Crippen LogP contribution in [-0.2, 0) is 6.54 Å². The molecule has 1 aromatic carbocycles. The highest BCUT2D eigenvalue weighted by molar-refractivity contribution is 5.16. The van der Waals surface area contributed by atoms with Crippen LogP contribution < -0.4 is 11.1 Å². The van der Waals surface area contributed by atoms with E-state index in [2.05, 4.69) is 5.32 Å². The summed E-state index contributed by atoms with van der Waals surface area (Å²) in [4.78, 5) is 0. The Morgan fingerprint density at radius 3 is 2.77 bits per heavy atom. The molecule has 0 saturated carbocycles. The third-order valence-corrected chi connectivity index (χ3v) is 1.56. The average molecular weight is 173 g/mol. The summed E-state index contributed by atoms with van der Waals surface area (Å²) in [6, 6.07) is 11.7. The van der Waals surface area contributed by atoms with Gasteiger partial charge in [-0.25, -0.2) is 0 Å². The van der Waals surface area contributed by atoms with E-state index in [1.165, 1.54) is 6.08 Å². The molecule has 0 unspecified atom stereocenters. The van der Waals surface area contributed by atoms with Gasteiger partial charge in [0.2, 0.25) is 0 Å². The maximum Gasteiger partial charge on any atom is 0.107 e. The second-order valence-electron chi connectivity index (χ2n) is 2.57. The predicted molar refractivity (Wildman–Crippen MR) is 51.2 cm³/mol. The molecule has 0 atom stereocenters. The summed E-state index contributed by atoms with van der Waals surface area (Å²) in [5, 5.41) is 11.2. The fourth-order valence-electron chi connectivity index (χ4n) is 0.921. The van der Waals surface area contributed by atoms with Crippen molar-refractivity contribution in [2.75, 3.05) is 0 Å². The van der Waals surface area contributed by atoms with Gasteiger partial charge < -0.3 is 11.1 Å². The first kappa shape index (κ1) is 9.14. The van der Waals surface area contributed by atoms with E-state index in [-0.39, 0.29) is 0 Å². The minimum atomic E-state index is 0.395. The first-order valence-electron chi connectivity index (χ1n) is 3.96. The van der Waals surface area contributed by atoms with Gasteiger partial charge in [0, 0.05) is 6.54 Å². The van der Waals surface area contributed by atoms with Gasteiger partial charge in [-0.3, -0.25) is 0 Å². The molecule has 0 aliphatic carbocycles. The Hall–Kier alpha value is -1.95. The minimum absolute atomic E-state index is 0.395. The van der Waals surface area contributed by atoms with E-state index < -0.39 is 0 Å². The SMILES string of the molecule is N#CC=C(N)NCc1ccccc1.